The van der Waals surface area contributed by atoms with Crippen molar-refractivity contribution in [3.05, 3.63) is 59.7 Å². The maximum absolute atomic E-state index is 12.5. The second kappa shape index (κ2) is 8.38. The molecule has 1 fully saturated rings. The molecule has 1 N–H and O–H groups in total. The van der Waals surface area contributed by atoms with E-state index in [0.29, 0.717) is 23.4 Å². The van der Waals surface area contributed by atoms with Crippen molar-refractivity contribution in [2.24, 2.45) is 0 Å². The minimum atomic E-state index is -0.00989. The molecule has 0 atom stereocenters. The van der Waals surface area contributed by atoms with E-state index < -0.39 is 0 Å². The molecule has 1 saturated carbocycles. The molecule has 3 aromatic rings. The molecule has 0 aliphatic heterocycles. The molecule has 1 aromatic heterocycles. The Labute approximate surface area is 165 Å². The number of nitrogens with one attached hydrogen (secondary N) is 1. The van der Waals surface area contributed by atoms with Crippen LogP contribution in [0.3, 0.4) is 0 Å². The van der Waals surface area contributed by atoms with Crippen LogP contribution in [0.2, 0.25) is 0 Å². The molecular weight excluding hydrogens is 350 g/mol. The molecule has 0 saturated heterocycles. The first-order chi connectivity index (χ1) is 13.7. The van der Waals surface area contributed by atoms with Crippen molar-refractivity contribution in [1.29, 1.82) is 0 Å². The standard InChI is InChI=1S/C23H25N3O2/c1-16-8-10-18(11-9-16)22-25-26-23(28-22)19-14-12-17(13-15-19)21(27)24-20-6-4-2-3-5-7-20/h8-15,20H,2-7H2,1H3,(H,24,27). The lowest BCUT2D eigenvalue weighted by Crippen LogP contribution is -2.34. The summed E-state index contributed by atoms with van der Waals surface area (Å²) in [5.74, 6) is 0.931. The number of carbonyl (C=O) groups is 1. The summed E-state index contributed by atoms with van der Waals surface area (Å²) in [4.78, 5) is 12.5. The number of carbonyl (C=O) groups excluding carboxylic acids is 1. The summed E-state index contributed by atoms with van der Waals surface area (Å²) in [5, 5.41) is 11.5. The summed E-state index contributed by atoms with van der Waals surface area (Å²) >= 11 is 0. The van der Waals surface area contributed by atoms with Crippen LogP contribution in [-0.2, 0) is 0 Å². The number of hydrogen-bond acceptors (Lipinski definition) is 4. The number of benzene rings is 2. The van der Waals surface area contributed by atoms with Crippen LogP contribution in [0.4, 0.5) is 0 Å². The summed E-state index contributed by atoms with van der Waals surface area (Å²) < 4.78 is 5.81. The van der Waals surface area contributed by atoms with E-state index >= 15 is 0 Å². The molecule has 0 unspecified atom stereocenters. The maximum atomic E-state index is 12.5. The van der Waals surface area contributed by atoms with Gasteiger partial charge in [-0.15, -0.1) is 10.2 Å². The molecule has 0 radical (unpaired) electrons. The average molecular weight is 375 g/mol. The van der Waals surface area contributed by atoms with Gasteiger partial charge in [0.15, 0.2) is 0 Å². The Morgan fingerprint density at radius 1 is 0.857 bits per heavy atom. The van der Waals surface area contributed by atoms with Gasteiger partial charge in [-0.2, -0.15) is 0 Å². The molecule has 1 amide bonds. The molecule has 144 valence electrons. The van der Waals surface area contributed by atoms with Crippen molar-refractivity contribution in [2.45, 2.75) is 51.5 Å². The monoisotopic (exact) mass is 375 g/mol. The number of aryl methyl sites for hydroxylation is 1. The first-order valence-electron chi connectivity index (χ1n) is 10.0. The fraction of sp³-hybridized carbons (Fsp3) is 0.348. The third-order valence-corrected chi connectivity index (χ3v) is 5.31. The highest BCUT2D eigenvalue weighted by molar-refractivity contribution is 5.94. The molecule has 1 aliphatic carbocycles. The smallest absolute Gasteiger partial charge is 0.251 e. The lowest BCUT2D eigenvalue weighted by Gasteiger charge is -2.16. The van der Waals surface area contributed by atoms with Gasteiger partial charge in [0.25, 0.3) is 5.91 Å². The van der Waals surface area contributed by atoms with Gasteiger partial charge >= 0.3 is 0 Å². The third-order valence-electron chi connectivity index (χ3n) is 5.31. The van der Waals surface area contributed by atoms with E-state index in [0.717, 1.165) is 24.0 Å². The fourth-order valence-electron chi connectivity index (χ4n) is 3.61. The Morgan fingerprint density at radius 3 is 1.96 bits per heavy atom. The van der Waals surface area contributed by atoms with Gasteiger partial charge in [-0.1, -0.05) is 43.4 Å². The van der Waals surface area contributed by atoms with Gasteiger partial charge in [-0.25, -0.2) is 0 Å². The number of nitrogens with zero attached hydrogens (tertiary/aromatic N) is 2. The molecule has 0 spiro atoms. The largest absolute Gasteiger partial charge is 0.416 e. The maximum Gasteiger partial charge on any atom is 0.251 e. The summed E-state index contributed by atoms with van der Waals surface area (Å²) in [6, 6.07) is 15.6. The minimum absolute atomic E-state index is 0.00989. The highest BCUT2D eigenvalue weighted by Gasteiger charge is 2.16. The van der Waals surface area contributed by atoms with Crippen LogP contribution in [0.5, 0.6) is 0 Å². The van der Waals surface area contributed by atoms with Gasteiger partial charge < -0.3 is 9.73 Å². The van der Waals surface area contributed by atoms with Crippen molar-refractivity contribution < 1.29 is 9.21 Å². The van der Waals surface area contributed by atoms with Crippen LogP contribution in [0.1, 0.15) is 54.4 Å². The molecule has 5 heteroatoms. The SMILES string of the molecule is Cc1ccc(-c2nnc(-c3ccc(C(=O)NC4CCCCCC4)cc3)o2)cc1. The van der Waals surface area contributed by atoms with E-state index in [-0.39, 0.29) is 5.91 Å². The Bertz CT molecular complexity index is 921. The van der Waals surface area contributed by atoms with Crippen LogP contribution in [0.15, 0.2) is 52.9 Å². The van der Waals surface area contributed by atoms with Crippen molar-refractivity contribution in [1.82, 2.24) is 15.5 Å². The quantitative estimate of drug-likeness (QED) is 0.639. The minimum Gasteiger partial charge on any atom is -0.416 e. The highest BCUT2D eigenvalue weighted by atomic mass is 16.4. The van der Waals surface area contributed by atoms with Gasteiger partial charge in [-0.05, 0) is 56.2 Å². The van der Waals surface area contributed by atoms with Crippen molar-refractivity contribution in [3.63, 3.8) is 0 Å². The van der Waals surface area contributed by atoms with Crippen molar-refractivity contribution >= 4 is 5.91 Å². The molecule has 5 nitrogen and oxygen atoms in total. The summed E-state index contributed by atoms with van der Waals surface area (Å²) in [7, 11) is 0. The van der Waals surface area contributed by atoms with Crippen LogP contribution in [-0.4, -0.2) is 22.1 Å². The topological polar surface area (TPSA) is 68.0 Å². The average Bonchev–Trinajstić information content (AvgIpc) is 3.07. The zero-order valence-corrected chi connectivity index (χ0v) is 16.1. The lowest BCUT2D eigenvalue weighted by atomic mass is 10.1. The predicted molar refractivity (Wildman–Crippen MR) is 109 cm³/mol. The Kier molecular flexibility index (Phi) is 5.51. The molecule has 1 aliphatic rings. The lowest BCUT2D eigenvalue weighted by molar-refractivity contribution is 0.0933. The van der Waals surface area contributed by atoms with Gasteiger partial charge in [0, 0.05) is 22.7 Å². The summed E-state index contributed by atoms with van der Waals surface area (Å²) in [5.41, 5.74) is 3.54. The van der Waals surface area contributed by atoms with E-state index in [4.69, 9.17) is 4.42 Å². The summed E-state index contributed by atoms with van der Waals surface area (Å²) in [6.07, 6.45) is 7.10. The zero-order valence-electron chi connectivity index (χ0n) is 16.1. The van der Waals surface area contributed by atoms with Gasteiger partial charge in [0.05, 0.1) is 0 Å². The van der Waals surface area contributed by atoms with E-state index in [1.807, 2.05) is 55.5 Å². The highest BCUT2D eigenvalue weighted by Crippen LogP contribution is 2.24. The van der Waals surface area contributed by atoms with E-state index in [9.17, 15) is 4.79 Å². The van der Waals surface area contributed by atoms with Crippen LogP contribution in [0, 0.1) is 6.92 Å². The molecule has 0 bridgehead atoms. The molecule has 1 heterocycles. The number of aromatic nitrogens is 2. The second-order valence-corrected chi connectivity index (χ2v) is 7.52. The van der Waals surface area contributed by atoms with E-state index in [1.165, 1.54) is 31.2 Å². The Hall–Kier alpha value is -2.95. The van der Waals surface area contributed by atoms with Gasteiger partial charge in [0.2, 0.25) is 11.8 Å². The summed E-state index contributed by atoms with van der Waals surface area (Å²) in [6.45, 7) is 2.04. The zero-order chi connectivity index (χ0) is 19.3. The predicted octanol–water partition coefficient (Wildman–Crippen LogP) is 5.16. The number of amides is 1. The van der Waals surface area contributed by atoms with E-state index in [1.54, 1.807) is 0 Å². The molecular formula is C23H25N3O2. The second-order valence-electron chi connectivity index (χ2n) is 7.52. The Morgan fingerprint density at radius 2 is 1.39 bits per heavy atom. The van der Waals surface area contributed by atoms with Gasteiger partial charge in [-0.3, -0.25) is 4.79 Å². The normalized spacial score (nSPS) is 15.2. The fourth-order valence-corrected chi connectivity index (χ4v) is 3.61. The van der Waals surface area contributed by atoms with E-state index in [2.05, 4.69) is 15.5 Å². The van der Waals surface area contributed by atoms with Gasteiger partial charge in [0.1, 0.15) is 0 Å². The van der Waals surface area contributed by atoms with Crippen molar-refractivity contribution in [3.8, 4) is 22.9 Å². The first-order valence-corrected chi connectivity index (χ1v) is 10.0. The first kappa shape index (κ1) is 18.4. The van der Waals surface area contributed by atoms with Crippen molar-refractivity contribution in [2.75, 3.05) is 0 Å². The third kappa shape index (κ3) is 4.30. The number of rotatable bonds is 4. The number of hydrogen-bond donors (Lipinski definition) is 1. The molecule has 28 heavy (non-hydrogen) atoms. The van der Waals surface area contributed by atoms with Crippen LogP contribution >= 0.6 is 0 Å². The Balaban J connectivity index is 1.44. The van der Waals surface area contributed by atoms with Crippen LogP contribution in [0.25, 0.3) is 22.9 Å². The van der Waals surface area contributed by atoms with Crippen LogP contribution < -0.4 is 5.32 Å². The molecule has 2 aromatic carbocycles. The molecule has 4 rings (SSSR count).